The van der Waals surface area contributed by atoms with E-state index in [0.29, 0.717) is 10.5 Å². The molecule has 0 atom stereocenters. The van der Waals surface area contributed by atoms with Crippen molar-refractivity contribution in [2.45, 2.75) is 0 Å². The summed E-state index contributed by atoms with van der Waals surface area (Å²) in [6, 6.07) is 17.7. The smallest absolute Gasteiger partial charge is 0.272 e. The Hall–Kier alpha value is -2.50. The summed E-state index contributed by atoms with van der Waals surface area (Å²) < 4.78 is 1.70. The minimum atomic E-state index is -0.261. The number of alkyl halides is 1. The molecule has 0 fully saturated rings. The average molecular weight is 425 g/mol. The van der Waals surface area contributed by atoms with Crippen LogP contribution < -0.4 is 9.78 Å². The lowest BCUT2D eigenvalue weighted by atomic mass is 10.0. The van der Waals surface area contributed by atoms with Gasteiger partial charge in [-0.3, -0.25) is 0 Å². The van der Waals surface area contributed by atoms with E-state index < -0.39 is 0 Å². The number of fused-ring (bicyclic) bond motifs is 4. The Kier molecular flexibility index (Phi) is 3.48. The molecule has 0 bridgehead atoms. The van der Waals surface area contributed by atoms with Gasteiger partial charge in [0, 0.05) is 33.3 Å². The minimum absolute atomic E-state index is 0.156. The SMILES string of the molecule is [O-]/C(CBr)=N\[n+]1c2c(nc3cc(Cl)ccc31)-c1cccc3cccc-2c13. The Morgan fingerprint density at radius 3 is 2.65 bits per heavy atom. The monoisotopic (exact) mass is 423 g/mol. The molecular weight excluding hydrogens is 414 g/mol. The molecule has 3 aromatic carbocycles. The average Bonchev–Trinajstić information content (AvgIpc) is 2.97. The van der Waals surface area contributed by atoms with Crippen molar-refractivity contribution in [2.75, 3.05) is 5.33 Å². The molecule has 1 aromatic heterocycles. The van der Waals surface area contributed by atoms with Gasteiger partial charge in [0.15, 0.2) is 0 Å². The highest BCUT2D eigenvalue weighted by Gasteiger charge is 2.33. The van der Waals surface area contributed by atoms with Crippen LogP contribution >= 0.6 is 27.5 Å². The van der Waals surface area contributed by atoms with Gasteiger partial charge < -0.3 is 5.11 Å². The van der Waals surface area contributed by atoms with E-state index in [2.05, 4.69) is 39.2 Å². The second kappa shape index (κ2) is 5.76. The molecule has 0 N–H and O–H groups in total. The highest BCUT2D eigenvalue weighted by atomic mass is 79.9. The van der Waals surface area contributed by atoms with E-state index in [4.69, 9.17) is 16.6 Å². The van der Waals surface area contributed by atoms with Crippen molar-refractivity contribution >= 4 is 55.2 Å². The van der Waals surface area contributed by atoms with Gasteiger partial charge in [0.05, 0.1) is 5.56 Å². The molecule has 4 nitrogen and oxygen atoms in total. The van der Waals surface area contributed by atoms with E-state index in [0.717, 1.165) is 38.8 Å². The second-order valence-electron chi connectivity index (χ2n) is 6.09. The van der Waals surface area contributed by atoms with Gasteiger partial charge in [-0.25, -0.2) is 4.98 Å². The van der Waals surface area contributed by atoms with E-state index in [1.165, 1.54) is 0 Å². The largest absolute Gasteiger partial charge is 0.857 e. The van der Waals surface area contributed by atoms with Crippen LogP contribution in [0.25, 0.3) is 44.3 Å². The zero-order valence-corrected chi connectivity index (χ0v) is 15.8. The van der Waals surface area contributed by atoms with Gasteiger partial charge in [-0.1, -0.05) is 57.9 Å². The number of nitrogens with zero attached hydrogens (tertiary/aromatic N) is 3. The first-order chi connectivity index (χ1) is 12.7. The highest BCUT2D eigenvalue weighted by Crippen LogP contribution is 2.45. The molecule has 0 amide bonds. The van der Waals surface area contributed by atoms with Crippen LogP contribution in [0.1, 0.15) is 0 Å². The minimum Gasteiger partial charge on any atom is -0.857 e. The number of hydrogen-bond acceptors (Lipinski definition) is 3. The number of hydrogen-bond donors (Lipinski definition) is 0. The van der Waals surface area contributed by atoms with Crippen molar-refractivity contribution in [1.82, 2.24) is 4.98 Å². The topological polar surface area (TPSA) is 52.2 Å². The third kappa shape index (κ3) is 2.17. The fraction of sp³-hybridized carbons (Fsp3) is 0.0500. The van der Waals surface area contributed by atoms with Crippen LogP contribution in [0.2, 0.25) is 5.02 Å². The van der Waals surface area contributed by atoms with Crippen LogP contribution in [0.15, 0.2) is 59.7 Å². The molecule has 126 valence electrons. The summed E-state index contributed by atoms with van der Waals surface area (Å²) in [6.45, 7) is 0. The summed E-state index contributed by atoms with van der Waals surface area (Å²) in [6.07, 6.45) is 0. The summed E-state index contributed by atoms with van der Waals surface area (Å²) in [4.78, 5) is 4.86. The van der Waals surface area contributed by atoms with Crippen molar-refractivity contribution in [3.63, 3.8) is 0 Å². The molecule has 0 unspecified atom stereocenters. The molecule has 5 rings (SSSR count). The maximum atomic E-state index is 12.1. The van der Waals surface area contributed by atoms with E-state index >= 15 is 0 Å². The zero-order valence-electron chi connectivity index (χ0n) is 13.4. The Morgan fingerprint density at radius 2 is 1.88 bits per heavy atom. The van der Waals surface area contributed by atoms with Gasteiger partial charge in [-0.05, 0) is 33.4 Å². The molecule has 6 heteroatoms. The van der Waals surface area contributed by atoms with Gasteiger partial charge in [-0.15, -0.1) is 0 Å². The quantitative estimate of drug-likeness (QED) is 0.187. The molecule has 0 aliphatic heterocycles. The van der Waals surface area contributed by atoms with E-state index in [9.17, 15) is 5.11 Å². The Morgan fingerprint density at radius 1 is 1.12 bits per heavy atom. The van der Waals surface area contributed by atoms with Gasteiger partial charge in [0.1, 0.15) is 11.2 Å². The summed E-state index contributed by atoms with van der Waals surface area (Å²) in [5.41, 5.74) is 5.17. The predicted octanol–water partition coefficient (Wildman–Crippen LogP) is 3.89. The van der Waals surface area contributed by atoms with Crippen LogP contribution in [-0.2, 0) is 0 Å². The Balaban J connectivity index is 2.00. The number of halogens is 2. The molecule has 0 spiro atoms. The fourth-order valence-corrected chi connectivity index (χ4v) is 3.85. The molecule has 1 heterocycles. The molecule has 0 radical (unpaired) electrons. The van der Waals surface area contributed by atoms with Crippen LogP contribution in [-0.4, -0.2) is 16.2 Å². The standard InChI is InChI=1S/C20H11BrClN3O/c21-10-17(26)24-25-16-8-7-12(22)9-15(16)23-19-13-5-1-3-11-4-2-6-14(18(11)13)20(19)25/h1-9H,10H2. The zero-order chi connectivity index (χ0) is 17.8. The first-order valence-corrected chi connectivity index (χ1v) is 9.56. The van der Waals surface area contributed by atoms with Crippen LogP contribution in [0.5, 0.6) is 0 Å². The number of benzene rings is 3. The van der Waals surface area contributed by atoms with Crippen LogP contribution in [0, 0.1) is 0 Å². The van der Waals surface area contributed by atoms with E-state index in [1.54, 1.807) is 16.8 Å². The summed E-state index contributed by atoms with van der Waals surface area (Å²) in [5, 5.41) is 19.5. The molecular formula is C20H11BrClN3O. The predicted molar refractivity (Wildman–Crippen MR) is 106 cm³/mol. The maximum Gasteiger partial charge on any atom is 0.272 e. The van der Waals surface area contributed by atoms with Crippen LogP contribution in [0.4, 0.5) is 0 Å². The number of rotatable bonds is 2. The van der Waals surface area contributed by atoms with Gasteiger partial charge in [0.2, 0.25) is 0 Å². The summed E-state index contributed by atoms with van der Waals surface area (Å²) >= 11 is 9.36. The third-order valence-electron chi connectivity index (χ3n) is 4.57. The van der Waals surface area contributed by atoms with E-state index in [-0.39, 0.29) is 11.2 Å². The lowest BCUT2D eigenvalue weighted by molar-refractivity contribution is -0.644. The van der Waals surface area contributed by atoms with Crippen molar-refractivity contribution in [3.8, 4) is 22.5 Å². The number of aromatic nitrogens is 2. The summed E-state index contributed by atoms with van der Waals surface area (Å²) in [7, 11) is 0. The first-order valence-electron chi connectivity index (χ1n) is 8.06. The fourth-order valence-electron chi connectivity index (χ4n) is 3.57. The van der Waals surface area contributed by atoms with Crippen molar-refractivity contribution < 1.29 is 9.78 Å². The van der Waals surface area contributed by atoms with Gasteiger partial charge in [-0.2, -0.15) is 0 Å². The lowest BCUT2D eigenvalue weighted by Gasteiger charge is -2.06. The molecule has 0 saturated carbocycles. The van der Waals surface area contributed by atoms with Crippen molar-refractivity contribution in [1.29, 1.82) is 0 Å². The lowest BCUT2D eigenvalue weighted by Crippen LogP contribution is -2.37. The third-order valence-corrected chi connectivity index (χ3v) is 5.29. The highest BCUT2D eigenvalue weighted by molar-refractivity contribution is 9.09. The molecule has 26 heavy (non-hydrogen) atoms. The Labute approximate surface area is 162 Å². The van der Waals surface area contributed by atoms with Crippen molar-refractivity contribution in [2.24, 2.45) is 5.10 Å². The second-order valence-corrected chi connectivity index (χ2v) is 7.09. The molecule has 1 aliphatic rings. The normalized spacial score (nSPS) is 12.8. The molecule has 1 aliphatic carbocycles. The molecule has 4 aromatic rings. The van der Waals surface area contributed by atoms with Crippen molar-refractivity contribution in [3.05, 3.63) is 59.6 Å². The van der Waals surface area contributed by atoms with Crippen LogP contribution in [0.3, 0.4) is 0 Å². The first kappa shape index (κ1) is 15.7. The van der Waals surface area contributed by atoms with Gasteiger partial charge >= 0.3 is 0 Å². The van der Waals surface area contributed by atoms with E-state index in [1.807, 2.05) is 24.3 Å². The summed E-state index contributed by atoms with van der Waals surface area (Å²) in [5.74, 6) is -0.261. The molecule has 0 saturated heterocycles. The van der Waals surface area contributed by atoms with Gasteiger partial charge in [0.25, 0.3) is 11.2 Å². The maximum absolute atomic E-state index is 12.1. The Bertz CT molecular complexity index is 1250.